The first-order valence-electron chi connectivity index (χ1n) is 8.42. The van der Waals surface area contributed by atoms with Gasteiger partial charge < -0.3 is 24.8 Å². The van der Waals surface area contributed by atoms with Crippen LogP contribution in [0.3, 0.4) is 0 Å². The zero-order chi connectivity index (χ0) is 18.9. The number of aliphatic imine (C=N–C) groups is 1. The van der Waals surface area contributed by atoms with E-state index in [2.05, 4.69) is 20.7 Å². The molecular weight excluding hydrogens is 461 g/mol. The number of ether oxygens (including phenoxy) is 3. The van der Waals surface area contributed by atoms with E-state index < -0.39 is 0 Å². The van der Waals surface area contributed by atoms with E-state index in [0.717, 1.165) is 11.3 Å². The van der Waals surface area contributed by atoms with Gasteiger partial charge in [-0.2, -0.15) is 5.10 Å². The highest BCUT2D eigenvalue weighted by Gasteiger charge is 2.14. The van der Waals surface area contributed by atoms with Crippen LogP contribution in [0.25, 0.3) is 0 Å². The van der Waals surface area contributed by atoms with Gasteiger partial charge in [0.2, 0.25) is 5.75 Å². The summed E-state index contributed by atoms with van der Waals surface area (Å²) in [5.41, 5.74) is 2.06. The quantitative estimate of drug-likeness (QED) is 0.337. The van der Waals surface area contributed by atoms with Crippen LogP contribution >= 0.6 is 24.0 Å². The summed E-state index contributed by atoms with van der Waals surface area (Å²) >= 11 is 0. The van der Waals surface area contributed by atoms with Gasteiger partial charge in [-0.3, -0.25) is 9.67 Å². The smallest absolute Gasteiger partial charge is 0.203 e. The van der Waals surface area contributed by atoms with Crippen molar-refractivity contribution in [3.63, 3.8) is 0 Å². The standard InChI is InChI=1S/C18H27N5O3.HI/c1-6-26-17-15(24-4)9-13(10-16(17)25-5)11-20-18(19-2)21-12-14-7-8-22-23(14)3;/h7-10H,6,11-12H2,1-5H3,(H2,19,20,21);1H. The molecule has 0 aliphatic heterocycles. The summed E-state index contributed by atoms with van der Waals surface area (Å²) in [4.78, 5) is 4.24. The minimum atomic E-state index is 0. The van der Waals surface area contributed by atoms with E-state index in [-0.39, 0.29) is 24.0 Å². The topological polar surface area (TPSA) is 81.9 Å². The van der Waals surface area contributed by atoms with Gasteiger partial charge in [-0.15, -0.1) is 24.0 Å². The number of aromatic nitrogens is 2. The molecule has 9 heteroatoms. The van der Waals surface area contributed by atoms with Crippen LogP contribution in [0.4, 0.5) is 0 Å². The Morgan fingerprint density at radius 1 is 1.15 bits per heavy atom. The summed E-state index contributed by atoms with van der Waals surface area (Å²) in [5, 5.41) is 10.7. The second-order valence-electron chi connectivity index (χ2n) is 5.49. The fourth-order valence-corrected chi connectivity index (χ4v) is 2.48. The molecule has 0 saturated heterocycles. The van der Waals surface area contributed by atoms with Gasteiger partial charge in [0.05, 0.1) is 33.1 Å². The van der Waals surface area contributed by atoms with Crippen LogP contribution in [-0.4, -0.2) is 43.6 Å². The van der Waals surface area contributed by atoms with E-state index in [1.165, 1.54) is 0 Å². The Kier molecular flexibility index (Phi) is 9.76. The molecule has 150 valence electrons. The van der Waals surface area contributed by atoms with Gasteiger partial charge in [-0.1, -0.05) is 0 Å². The Morgan fingerprint density at radius 3 is 2.26 bits per heavy atom. The zero-order valence-electron chi connectivity index (χ0n) is 16.4. The monoisotopic (exact) mass is 489 g/mol. The van der Waals surface area contributed by atoms with Crippen LogP contribution in [0.15, 0.2) is 29.4 Å². The Morgan fingerprint density at radius 2 is 1.78 bits per heavy atom. The van der Waals surface area contributed by atoms with Crippen molar-refractivity contribution < 1.29 is 14.2 Å². The number of guanidine groups is 1. The lowest BCUT2D eigenvalue weighted by molar-refractivity contribution is 0.288. The molecule has 27 heavy (non-hydrogen) atoms. The fourth-order valence-electron chi connectivity index (χ4n) is 2.48. The summed E-state index contributed by atoms with van der Waals surface area (Å²) in [6, 6.07) is 5.81. The van der Waals surface area contributed by atoms with Gasteiger partial charge in [0.25, 0.3) is 0 Å². The summed E-state index contributed by atoms with van der Waals surface area (Å²) < 4.78 is 18.3. The van der Waals surface area contributed by atoms with Gasteiger partial charge in [0.15, 0.2) is 17.5 Å². The first-order chi connectivity index (χ1) is 12.6. The summed E-state index contributed by atoms with van der Waals surface area (Å²) in [5.74, 6) is 2.58. The fraction of sp³-hybridized carbons (Fsp3) is 0.444. The summed E-state index contributed by atoms with van der Waals surface area (Å²) in [7, 11) is 6.87. The molecule has 0 fully saturated rings. The van der Waals surface area contributed by atoms with Crippen molar-refractivity contribution in [1.82, 2.24) is 20.4 Å². The molecule has 0 atom stereocenters. The second kappa shape index (κ2) is 11.5. The van der Waals surface area contributed by atoms with Crippen molar-refractivity contribution in [2.75, 3.05) is 27.9 Å². The number of halogens is 1. The van der Waals surface area contributed by atoms with E-state index >= 15 is 0 Å². The van der Waals surface area contributed by atoms with Crippen molar-refractivity contribution >= 4 is 29.9 Å². The van der Waals surface area contributed by atoms with Crippen LogP contribution < -0.4 is 24.8 Å². The number of nitrogens with one attached hydrogen (secondary N) is 2. The molecule has 0 saturated carbocycles. The highest BCUT2D eigenvalue weighted by Crippen LogP contribution is 2.38. The Hall–Kier alpha value is -2.17. The largest absolute Gasteiger partial charge is 0.493 e. The molecule has 1 heterocycles. The molecule has 2 N–H and O–H groups in total. The normalized spacial score (nSPS) is 10.8. The number of hydrogen-bond acceptors (Lipinski definition) is 5. The molecule has 0 aliphatic carbocycles. The van der Waals surface area contributed by atoms with E-state index in [1.807, 2.05) is 36.9 Å². The molecule has 0 amide bonds. The molecule has 0 aliphatic rings. The van der Waals surface area contributed by atoms with Gasteiger partial charge in [-0.25, -0.2) is 0 Å². The number of methoxy groups -OCH3 is 2. The molecule has 1 aromatic carbocycles. The average Bonchev–Trinajstić information content (AvgIpc) is 3.07. The number of rotatable bonds is 8. The minimum Gasteiger partial charge on any atom is -0.493 e. The number of benzene rings is 1. The van der Waals surface area contributed by atoms with Crippen LogP contribution in [0.2, 0.25) is 0 Å². The molecule has 0 radical (unpaired) electrons. The van der Waals surface area contributed by atoms with Crippen molar-refractivity contribution in [3.8, 4) is 17.2 Å². The van der Waals surface area contributed by atoms with Crippen molar-refractivity contribution in [2.24, 2.45) is 12.0 Å². The molecule has 2 aromatic rings. The minimum absolute atomic E-state index is 0. The average molecular weight is 489 g/mol. The van der Waals surface area contributed by atoms with Crippen molar-refractivity contribution in [1.29, 1.82) is 0 Å². The highest BCUT2D eigenvalue weighted by atomic mass is 127. The first kappa shape index (κ1) is 22.9. The Bertz CT molecular complexity index is 723. The molecule has 1 aromatic heterocycles. The van der Waals surface area contributed by atoms with Gasteiger partial charge >= 0.3 is 0 Å². The third-order valence-electron chi connectivity index (χ3n) is 3.85. The summed E-state index contributed by atoms with van der Waals surface area (Å²) in [6.07, 6.45) is 1.77. The lowest BCUT2D eigenvalue weighted by atomic mass is 10.2. The molecule has 8 nitrogen and oxygen atoms in total. The second-order valence-corrected chi connectivity index (χ2v) is 5.49. The Balaban J connectivity index is 0.00000364. The zero-order valence-corrected chi connectivity index (χ0v) is 18.7. The SMILES string of the molecule is CCOc1c(OC)cc(CNC(=NC)NCc2ccnn2C)cc1OC.I. The lowest BCUT2D eigenvalue weighted by Crippen LogP contribution is -2.36. The third kappa shape index (κ3) is 6.19. The van der Waals surface area contributed by atoms with Gasteiger partial charge in [-0.05, 0) is 30.7 Å². The van der Waals surface area contributed by atoms with Crippen LogP contribution in [0.5, 0.6) is 17.2 Å². The van der Waals surface area contributed by atoms with Crippen molar-refractivity contribution in [2.45, 2.75) is 20.0 Å². The molecule has 2 rings (SSSR count). The molecule has 0 spiro atoms. The Labute approximate surface area is 177 Å². The maximum absolute atomic E-state index is 5.63. The molecule has 0 unspecified atom stereocenters. The van der Waals surface area contributed by atoms with E-state index in [4.69, 9.17) is 14.2 Å². The van der Waals surface area contributed by atoms with Crippen LogP contribution in [0.1, 0.15) is 18.2 Å². The summed E-state index contributed by atoms with van der Waals surface area (Å²) in [6.45, 7) is 3.65. The van der Waals surface area contributed by atoms with E-state index in [0.29, 0.717) is 42.9 Å². The molecular formula is C18H28IN5O3. The van der Waals surface area contributed by atoms with Gasteiger partial charge in [0.1, 0.15) is 0 Å². The predicted octanol–water partition coefficient (Wildman–Crippen LogP) is 2.32. The van der Waals surface area contributed by atoms with Crippen LogP contribution in [0, 0.1) is 0 Å². The number of hydrogen-bond donors (Lipinski definition) is 2. The number of aryl methyl sites for hydroxylation is 1. The third-order valence-corrected chi connectivity index (χ3v) is 3.85. The first-order valence-corrected chi connectivity index (χ1v) is 8.42. The van der Waals surface area contributed by atoms with Gasteiger partial charge in [0, 0.05) is 26.8 Å². The van der Waals surface area contributed by atoms with Crippen molar-refractivity contribution in [3.05, 3.63) is 35.7 Å². The van der Waals surface area contributed by atoms with E-state index in [1.54, 1.807) is 27.5 Å². The molecule has 0 bridgehead atoms. The highest BCUT2D eigenvalue weighted by molar-refractivity contribution is 14.0. The number of nitrogens with zero attached hydrogens (tertiary/aromatic N) is 3. The maximum Gasteiger partial charge on any atom is 0.203 e. The maximum atomic E-state index is 5.63. The predicted molar refractivity (Wildman–Crippen MR) is 116 cm³/mol. The van der Waals surface area contributed by atoms with E-state index in [9.17, 15) is 0 Å². The lowest BCUT2D eigenvalue weighted by Gasteiger charge is -2.16. The van der Waals surface area contributed by atoms with Crippen LogP contribution in [-0.2, 0) is 20.1 Å².